The number of aryl methyl sites for hydroxylation is 3. The normalized spacial score (nSPS) is 13.8. The molecule has 0 spiro atoms. The van der Waals surface area contributed by atoms with Crippen LogP contribution >= 0.6 is 0 Å². The highest BCUT2D eigenvalue weighted by molar-refractivity contribution is 5.74. The Morgan fingerprint density at radius 2 is 1.71 bits per heavy atom. The van der Waals surface area contributed by atoms with Crippen molar-refractivity contribution >= 4 is 11.4 Å². The molecule has 1 aliphatic rings. The van der Waals surface area contributed by atoms with Crippen LogP contribution in [0.2, 0.25) is 0 Å². The second-order valence-corrected chi connectivity index (χ2v) is 11.3. The van der Waals surface area contributed by atoms with Gasteiger partial charge in [-0.3, -0.25) is 4.98 Å². The zero-order valence-electron chi connectivity index (χ0n) is 22.7. The van der Waals surface area contributed by atoms with E-state index in [1.165, 1.54) is 44.8 Å². The number of hydrogen-bond acceptors (Lipinski definition) is 4. The average molecular weight is 472 g/mol. The third-order valence-electron chi connectivity index (χ3n) is 7.17. The molecule has 2 aromatic carbocycles. The van der Waals surface area contributed by atoms with Crippen molar-refractivity contribution < 1.29 is 5.11 Å². The monoisotopic (exact) mass is 471 g/mol. The van der Waals surface area contributed by atoms with Crippen molar-refractivity contribution in [2.24, 2.45) is 0 Å². The van der Waals surface area contributed by atoms with Crippen molar-refractivity contribution in [1.82, 2.24) is 4.98 Å². The van der Waals surface area contributed by atoms with E-state index in [2.05, 4.69) is 93.9 Å². The summed E-state index contributed by atoms with van der Waals surface area (Å²) < 4.78 is 0. The average Bonchev–Trinajstić information content (AvgIpc) is 2.77. The SMILES string of the molecule is Cc1ccc(C(C)C)cc1N1CCc2nc(-c3c(C)cccc3C)cc(N(C)CC(C)(C)O)c2C1. The second-order valence-electron chi connectivity index (χ2n) is 11.3. The third kappa shape index (κ3) is 5.38. The van der Waals surface area contributed by atoms with Crippen molar-refractivity contribution in [1.29, 1.82) is 0 Å². The summed E-state index contributed by atoms with van der Waals surface area (Å²) in [4.78, 5) is 9.94. The summed E-state index contributed by atoms with van der Waals surface area (Å²) in [7, 11) is 2.09. The number of benzene rings is 2. The minimum absolute atomic E-state index is 0.501. The quantitative estimate of drug-likeness (QED) is 0.441. The van der Waals surface area contributed by atoms with E-state index in [1.54, 1.807) is 0 Å². The van der Waals surface area contributed by atoms with Crippen LogP contribution in [0.25, 0.3) is 11.3 Å². The van der Waals surface area contributed by atoms with Gasteiger partial charge < -0.3 is 14.9 Å². The van der Waals surface area contributed by atoms with Gasteiger partial charge in [0.25, 0.3) is 0 Å². The molecule has 0 saturated heterocycles. The van der Waals surface area contributed by atoms with Gasteiger partial charge in [0, 0.05) is 61.3 Å². The fourth-order valence-corrected chi connectivity index (χ4v) is 5.38. The predicted octanol–water partition coefficient (Wildman–Crippen LogP) is 6.57. The molecule has 1 aliphatic heterocycles. The van der Waals surface area contributed by atoms with E-state index in [0.29, 0.717) is 12.5 Å². The molecule has 0 atom stereocenters. The Hall–Kier alpha value is -2.85. The smallest absolute Gasteiger partial charge is 0.0765 e. The molecule has 0 amide bonds. The van der Waals surface area contributed by atoms with Crippen LogP contribution in [-0.4, -0.2) is 35.8 Å². The number of pyridine rings is 1. The molecule has 35 heavy (non-hydrogen) atoms. The van der Waals surface area contributed by atoms with Gasteiger partial charge in [-0.2, -0.15) is 0 Å². The van der Waals surface area contributed by atoms with Gasteiger partial charge in [-0.25, -0.2) is 0 Å². The Morgan fingerprint density at radius 1 is 1.03 bits per heavy atom. The van der Waals surface area contributed by atoms with Crippen LogP contribution in [0.15, 0.2) is 42.5 Å². The first-order valence-electron chi connectivity index (χ1n) is 12.8. The van der Waals surface area contributed by atoms with Gasteiger partial charge in [0.15, 0.2) is 0 Å². The van der Waals surface area contributed by atoms with Crippen molar-refractivity contribution in [3.05, 3.63) is 76.0 Å². The Morgan fingerprint density at radius 3 is 2.34 bits per heavy atom. The lowest BCUT2D eigenvalue weighted by Crippen LogP contribution is -2.38. The second kappa shape index (κ2) is 9.66. The molecule has 4 rings (SSSR count). The lowest BCUT2D eigenvalue weighted by molar-refractivity contribution is 0.0886. The van der Waals surface area contributed by atoms with Crippen LogP contribution in [0.1, 0.15) is 67.1 Å². The van der Waals surface area contributed by atoms with Crippen LogP contribution in [-0.2, 0) is 13.0 Å². The highest BCUT2D eigenvalue weighted by Crippen LogP contribution is 2.37. The van der Waals surface area contributed by atoms with Crippen molar-refractivity contribution in [2.45, 2.75) is 73.0 Å². The Kier molecular flexibility index (Phi) is 6.97. The van der Waals surface area contributed by atoms with Gasteiger partial charge >= 0.3 is 0 Å². The largest absolute Gasteiger partial charge is 0.389 e. The highest BCUT2D eigenvalue weighted by Gasteiger charge is 2.27. The fourth-order valence-electron chi connectivity index (χ4n) is 5.38. The number of anilines is 2. The molecule has 0 fully saturated rings. The molecule has 186 valence electrons. The summed E-state index contributed by atoms with van der Waals surface area (Å²) >= 11 is 0. The van der Waals surface area contributed by atoms with Crippen molar-refractivity contribution in [3.8, 4) is 11.3 Å². The molecule has 0 saturated carbocycles. The van der Waals surface area contributed by atoms with Crippen LogP contribution in [0.4, 0.5) is 11.4 Å². The van der Waals surface area contributed by atoms with Gasteiger partial charge in [0.05, 0.1) is 11.3 Å². The van der Waals surface area contributed by atoms with Crippen LogP contribution < -0.4 is 9.80 Å². The molecule has 0 bridgehead atoms. The van der Waals surface area contributed by atoms with Gasteiger partial charge in [0.1, 0.15) is 0 Å². The van der Waals surface area contributed by atoms with E-state index in [9.17, 15) is 5.11 Å². The number of rotatable bonds is 6. The molecule has 0 radical (unpaired) electrons. The summed E-state index contributed by atoms with van der Waals surface area (Å²) in [6.07, 6.45) is 0.906. The summed E-state index contributed by atoms with van der Waals surface area (Å²) in [5, 5.41) is 10.6. The van der Waals surface area contributed by atoms with Gasteiger partial charge in [-0.05, 0) is 74.9 Å². The van der Waals surface area contributed by atoms with E-state index >= 15 is 0 Å². The lowest BCUT2D eigenvalue weighted by Gasteiger charge is -2.36. The van der Waals surface area contributed by atoms with E-state index in [-0.39, 0.29) is 0 Å². The molecule has 0 aliphatic carbocycles. The number of nitrogens with zero attached hydrogens (tertiary/aromatic N) is 3. The zero-order chi connectivity index (χ0) is 25.5. The molecule has 4 nitrogen and oxygen atoms in total. The molecular formula is C31H41N3O. The van der Waals surface area contributed by atoms with Gasteiger partial charge in [-0.1, -0.05) is 44.2 Å². The summed E-state index contributed by atoms with van der Waals surface area (Å²) in [6, 6.07) is 15.5. The minimum atomic E-state index is -0.791. The first-order chi connectivity index (χ1) is 16.4. The number of fused-ring (bicyclic) bond motifs is 1. The Bertz CT molecular complexity index is 1200. The fraction of sp³-hybridized carbons (Fsp3) is 0.452. The maximum atomic E-state index is 10.6. The third-order valence-corrected chi connectivity index (χ3v) is 7.17. The van der Waals surface area contributed by atoms with Gasteiger partial charge in [0.2, 0.25) is 0 Å². The topological polar surface area (TPSA) is 39.6 Å². The number of likely N-dealkylation sites (N-methyl/N-ethyl adjacent to an activating group) is 1. The van der Waals surface area contributed by atoms with E-state index in [1.807, 2.05) is 13.8 Å². The van der Waals surface area contributed by atoms with Crippen LogP contribution in [0.3, 0.4) is 0 Å². The number of aliphatic hydroxyl groups is 1. The number of hydrogen-bond donors (Lipinski definition) is 1. The Labute approximate surface area is 211 Å². The van der Waals surface area contributed by atoms with Crippen LogP contribution in [0, 0.1) is 20.8 Å². The van der Waals surface area contributed by atoms with Crippen molar-refractivity contribution in [2.75, 3.05) is 29.9 Å². The van der Waals surface area contributed by atoms with Crippen LogP contribution in [0.5, 0.6) is 0 Å². The lowest BCUT2D eigenvalue weighted by atomic mass is 9.94. The van der Waals surface area contributed by atoms with Gasteiger partial charge in [-0.15, -0.1) is 0 Å². The Balaban J connectivity index is 1.82. The first-order valence-corrected chi connectivity index (χ1v) is 12.8. The summed E-state index contributed by atoms with van der Waals surface area (Å²) in [6.45, 7) is 17.1. The van der Waals surface area contributed by atoms with E-state index < -0.39 is 5.60 Å². The minimum Gasteiger partial charge on any atom is -0.389 e. The maximum absolute atomic E-state index is 10.6. The molecular weight excluding hydrogens is 430 g/mol. The predicted molar refractivity (Wildman–Crippen MR) is 149 cm³/mol. The molecule has 3 aromatic rings. The standard InChI is InChI=1S/C31H41N3O/c1-20(2)24-13-12-21(3)28(16-24)34-15-14-26-25(18-34)29(33(8)19-31(6,7)35)17-27(32-26)30-22(4)10-9-11-23(30)5/h9-13,16-17,20,35H,14-15,18-19H2,1-8H3. The molecule has 0 unspecified atom stereocenters. The highest BCUT2D eigenvalue weighted by atomic mass is 16.3. The number of aromatic nitrogens is 1. The first kappa shape index (κ1) is 25.2. The maximum Gasteiger partial charge on any atom is 0.0765 e. The van der Waals surface area contributed by atoms with E-state index in [0.717, 1.165) is 30.9 Å². The molecule has 1 N–H and O–H groups in total. The summed E-state index contributed by atoms with van der Waals surface area (Å²) in [5.74, 6) is 0.501. The van der Waals surface area contributed by atoms with Crippen molar-refractivity contribution in [3.63, 3.8) is 0 Å². The molecule has 1 aromatic heterocycles. The molecule has 4 heteroatoms. The zero-order valence-corrected chi connectivity index (χ0v) is 22.7. The molecule has 2 heterocycles. The summed E-state index contributed by atoms with van der Waals surface area (Å²) in [5.41, 5.74) is 11.6. The van der Waals surface area contributed by atoms with E-state index in [4.69, 9.17) is 4.98 Å².